The molecule has 1 amide bonds. The highest BCUT2D eigenvalue weighted by molar-refractivity contribution is 5.94. The summed E-state index contributed by atoms with van der Waals surface area (Å²) < 4.78 is 11.0. The van der Waals surface area contributed by atoms with Gasteiger partial charge in [-0.05, 0) is 30.2 Å². The zero-order valence-electron chi connectivity index (χ0n) is 11.7. The highest BCUT2D eigenvalue weighted by Gasteiger charge is 2.17. The first-order valence-electron chi connectivity index (χ1n) is 6.70. The van der Waals surface area contributed by atoms with Gasteiger partial charge in [0.25, 0.3) is 0 Å². The van der Waals surface area contributed by atoms with Crippen LogP contribution in [0.1, 0.15) is 12.0 Å². The van der Waals surface area contributed by atoms with Crippen molar-refractivity contribution < 1.29 is 14.3 Å². The van der Waals surface area contributed by atoms with Crippen LogP contribution in [0.5, 0.6) is 17.2 Å². The lowest BCUT2D eigenvalue weighted by Gasteiger charge is -2.19. The van der Waals surface area contributed by atoms with Crippen LogP contribution in [0.3, 0.4) is 0 Å². The molecule has 2 aromatic rings. The zero-order chi connectivity index (χ0) is 14.8. The monoisotopic (exact) mass is 284 g/mol. The maximum atomic E-state index is 11.5. The van der Waals surface area contributed by atoms with Gasteiger partial charge in [-0.3, -0.25) is 4.79 Å². The topological polar surface area (TPSA) is 73.6 Å². The SMILES string of the molecule is COc1cccc(Oc2cc3c(cc2N)CCC(=O)N3)c1. The first-order chi connectivity index (χ1) is 10.2. The second kappa shape index (κ2) is 5.36. The highest BCUT2D eigenvalue weighted by Crippen LogP contribution is 2.35. The molecule has 0 fully saturated rings. The van der Waals surface area contributed by atoms with E-state index in [1.165, 1.54) is 0 Å². The molecule has 0 aromatic heterocycles. The number of nitrogen functional groups attached to an aromatic ring is 1. The Hall–Kier alpha value is -2.69. The number of aryl methyl sites for hydroxylation is 1. The standard InChI is InChI=1S/C16H16N2O3/c1-20-11-3-2-4-12(8-11)21-15-9-14-10(7-13(15)17)5-6-16(19)18-14/h2-4,7-9H,5-6,17H2,1H3,(H,18,19). The number of amides is 1. The lowest BCUT2D eigenvalue weighted by atomic mass is 10.0. The number of carbonyl (C=O) groups is 1. The largest absolute Gasteiger partial charge is 0.497 e. The number of nitrogens with two attached hydrogens (primary N) is 1. The Labute approximate surface area is 122 Å². The van der Waals surface area contributed by atoms with Crippen LogP contribution in [-0.2, 0) is 11.2 Å². The molecule has 3 rings (SSSR count). The van der Waals surface area contributed by atoms with E-state index in [0.29, 0.717) is 35.8 Å². The molecular formula is C16H16N2O3. The minimum absolute atomic E-state index is 0.0135. The first kappa shape index (κ1) is 13.3. The van der Waals surface area contributed by atoms with Crippen LogP contribution in [0.2, 0.25) is 0 Å². The van der Waals surface area contributed by atoms with Crippen molar-refractivity contribution in [2.45, 2.75) is 12.8 Å². The van der Waals surface area contributed by atoms with Gasteiger partial charge in [0.2, 0.25) is 5.91 Å². The fourth-order valence-corrected chi connectivity index (χ4v) is 2.31. The van der Waals surface area contributed by atoms with Crippen LogP contribution in [0.15, 0.2) is 36.4 Å². The van der Waals surface area contributed by atoms with E-state index >= 15 is 0 Å². The minimum atomic E-state index is 0.0135. The van der Waals surface area contributed by atoms with Gasteiger partial charge in [0.05, 0.1) is 12.8 Å². The first-order valence-corrected chi connectivity index (χ1v) is 6.70. The van der Waals surface area contributed by atoms with Gasteiger partial charge in [0.15, 0.2) is 5.75 Å². The summed E-state index contributed by atoms with van der Waals surface area (Å²) in [5, 5.41) is 2.84. The smallest absolute Gasteiger partial charge is 0.224 e. The summed E-state index contributed by atoms with van der Waals surface area (Å²) in [6.07, 6.45) is 1.19. The summed E-state index contributed by atoms with van der Waals surface area (Å²) in [5.74, 6) is 1.87. The summed E-state index contributed by atoms with van der Waals surface area (Å²) in [4.78, 5) is 11.5. The van der Waals surface area contributed by atoms with E-state index in [1.54, 1.807) is 19.2 Å². The summed E-state index contributed by atoms with van der Waals surface area (Å²) in [5.41, 5.74) is 8.37. The minimum Gasteiger partial charge on any atom is -0.497 e. The van der Waals surface area contributed by atoms with Crippen LogP contribution in [-0.4, -0.2) is 13.0 Å². The quantitative estimate of drug-likeness (QED) is 0.850. The van der Waals surface area contributed by atoms with E-state index in [0.717, 1.165) is 11.3 Å². The third kappa shape index (κ3) is 2.76. The molecule has 3 N–H and O–H groups in total. The second-order valence-electron chi connectivity index (χ2n) is 4.88. The summed E-state index contributed by atoms with van der Waals surface area (Å²) in [6.45, 7) is 0. The number of benzene rings is 2. The zero-order valence-corrected chi connectivity index (χ0v) is 11.7. The number of hydrogen-bond donors (Lipinski definition) is 2. The summed E-state index contributed by atoms with van der Waals surface area (Å²) >= 11 is 0. The van der Waals surface area contributed by atoms with E-state index in [9.17, 15) is 4.79 Å². The normalized spacial score (nSPS) is 13.3. The van der Waals surface area contributed by atoms with Gasteiger partial charge in [-0.2, -0.15) is 0 Å². The van der Waals surface area contributed by atoms with E-state index in [-0.39, 0.29) is 5.91 Å². The molecule has 0 unspecified atom stereocenters. The lowest BCUT2D eigenvalue weighted by molar-refractivity contribution is -0.116. The van der Waals surface area contributed by atoms with Gasteiger partial charge in [-0.25, -0.2) is 0 Å². The van der Waals surface area contributed by atoms with Crippen molar-refractivity contribution in [3.63, 3.8) is 0 Å². The van der Waals surface area contributed by atoms with Crippen molar-refractivity contribution in [1.82, 2.24) is 0 Å². The van der Waals surface area contributed by atoms with Crippen molar-refractivity contribution in [2.24, 2.45) is 0 Å². The third-order valence-corrected chi connectivity index (χ3v) is 3.40. The molecule has 108 valence electrons. The maximum Gasteiger partial charge on any atom is 0.224 e. The molecular weight excluding hydrogens is 268 g/mol. The molecule has 5 nitrogen and oxygen atoms in total. The number of ether oxygens (including phenoxy) is 2. The number of hydrogen-bond acceptors (Lipinski definition) is 4. The Morgan fingerprint density at radius 1 is 1.14 bits per heavy atom. The fourth-order valence-electron chi connectivity index (χ4n) is 2.31. The molecule has 0 atom stereocenters. The molecule has 5 heteroatoms. The molecule has 1 heterocycles. The Bertz CT molecular complexity index is 698. The molecule has 0 saturated heterocycles. The Kier molecular flexibility index (Phi) is 3.39. The predicted octanol–water partition coefficient (Wildman–Crippen LogP) is 2.95. The molecule has 21 heavy (non-hydrogen) atoms. The Morgan fingerprint density at radius 2 is 1.95 bits per heavy atom. The molecule has 1 aliphatic rings. The van der Waals surface area contributed by atoms with E-state index in [4.69, 9.17) is 15.2 Å². The molecule has 2 aromatic carbocycles. The van der Waals surface area contributed by atoms with Crippen molar-refractivity contribution in [1.29, 1.82) is 0 Å². The summed E-state index contributed by atoms with van der Waals surface area (Å²) in [7, 11) is 1.60. The molecule has 0 bridgehead atoms. The van der Waals surface area contributed by atoms with Crippen LogP contribution in [0.4, 0.5) is 11.4 Å². The predicted molar refractivity (Wildman–Crippen MR) is 80.9 cm³/mol. The van der Waals surface area contributed by atoms with Gasteiger partial charge in [0.1, 0.15) is 11.5 Å². The molecule has 1 aliphatic heterocycles. The van der Waals surface area contributed by atoms with Crippen LogP contribution >= 0.6 is 0 Å². The van der Waals surface area contributed by atoms with Crippen molar-refractivity contribution in [3.05, 3.63) is 42.0 Å². The maximum absolute atomic E-state index is 11.5. The van der Waals surface area contributed by atoms with Gasteiger partial charge >= 0.3 is 0 Å². The molecule has 0 radical (unpaired) electrons. The van der Waals surface area contributed by atoms with Crippen molar-refractivity contribution in [2.75, 3.05) is 18.2 Å². The van der Waals surface area contributed by atoms with Gasteiger partial charge < -0.3 is 20.5 Å². The Morgan fingerprint density at radius 3 is 2.76 bits per heavy atom. The highest BCUT2D eigenvalue weighted by atomic mass is 16.5. The van der Waals surface area contributed by atoms with Gasteiger partial charge in [0, 0.05) is 24.2 Å². The van der Waals surface area contributed by atoms with E-state index < -0.39 is 0 Å². The van der Waals surface area contributed by atoms with Crippen LogP contribution in [0.25, 0.3) is 0 Å². The van der Waals surface area contributed by atoms with E-state index in [1.807, 2.05) is 24.3 Å². The summed E-state index contributed by atoms with van der Waals surface area (Å²) in [6, 6.07) is 10.9. The van der Waals surface area contributed by atoms with E-state index in [2.05, 4.69) is 5.32 Å². The van der Waals surface area contributed by atoms with Crippen molar-refractivity contribution in [3.8, 4) is 17.2 Å². The Balaban J connectivity index is 1.91. The lowest BCUT2D eigenvalue weighted by Crippen LogP contribution is -2.19. The number of anilines is 2. The van der Waals surface area contributed by atoms with Crippen LogP contribution in [0, 0.1) is 0 Å². The number of carbonyl (C=O) groups excluding carboxylic acids is 1. The number of methoxy groups -OCH3 is 1. The van der Waals surface area contributed by atoms with Gasteiger partial charge in [-0.15, -0.1) is 0 Å². The number of fused-ring (bicyclic) bond motifs is 1. The molecule has 0 saturated carbocycles. The van der Waals surface area contributed by atoms with Crippen molar-refractivity contribution >= 4 is 17.3 Å². The third-order valence-electron chi connectivity index (χ3n) is 3.40. The fraction of sp³-hybridized carbons (Fsp3) is 0.188. The second-order valence-corrected chi connectivity index (χ2v) is 4.88. The molecule has 0 aliphatic carbocycles. The average molecular weight is 284 g/mol. The average Bonchev–Trinajstić information content (AvgIpc) is 2.49. The number of nitrogens with one attached hydrogen (secondary N) is 1. The number of rotatable bonds is 3. The van der Waals surface area contributed by atoms with Crippen LogP contribution < -0.4 is 20.5 Å². The van der Waals surface area contributed by atoms with Gasteiger partial charge in [-0.1, -0.05) is 6.07 Å². The molecule has 0 spiro atoms.